The van der Waals surface area contributed by atoms with Crippen molar-refractivity contribution in [3.8, 4) is 5.75 Å². The van der Waals surface area contributed by atoms with Gasteiger partial charge in [-0.15, -0.1) is 0 Å². The predicted molar refractivity (Wildman–Crippen MR) is 105 cm³/mol. The third kappa shape index (κ3) is 3.50. The number of hydrogen-bond donors (Lipinski definition) is 1. The van der Waals surface area contributed by atoms with Gasteiger partial charge in [-0.05, 0) is 44.6 Å². The van der Waals surface area contributed by atoms with Gasteiger partial charge in [0, 0.05) is 38.7 Å². The highest BCUT2D eigenvalue weighted by Crippen LogP contribution is 2.43. The average Bonchev–Trinajstić information content (AvgIpc) is 3.28. The summed E-state index contributed by atoms with van der Waals surface area (Å²) < 4.78 is 6.26. The molecule has 3 aliphatic rings. The Bertz CT molecular complexity index is 736. The van der Waals surface area contributed by atoms with Gasteiger partial charge in [-0.25, -0.2) is 0 Å². The molecule has 2 heterocycles. The molecule has 2 saturated heterocycles. The van der Waals surface area contributed by atoms with Crippen molar-refractivity contribution in [2.24, 2.45) is 5.92 Å². The summed E-state index contributed by atoms with van der Waals surface area (Å²) in [6, 6.07) is 8.25. The maximum absolute atomic E-state index is 12.2. The number of carbonyl (C=O) groups excluding carboxylic acids is 1. The molecule has 152 valence electrons. The summed E-state index contributed by atoms with van der Waals surface area (Å²) in [6.07, 6.45) is 6.64. The van der Waals surface area contributed by atoms with E-state index in [9.17, 15) is 14.7 Å². The fourth-order valence-electron chi connectivity index (χ4n) is 5.26. The van der Waals surface area contributed by atoms with Crippen LogP contribution in [0, 0.1) is 5.92 Å². The van der Waals surface area contributed by atoms with Gasteiger partial charge in [-0.2, -0.15) is 0 Å². The third-order valence-corrected chi connectivity index (χ3v) is 7.05. The second-order valence-electron chi connectivity index (χ2n) is 8.56. The summed E-state index contributed by atoms with van der Waals surface area (Å²) in [7, 11) is 1.77. The molecule has 3 fully saturated rings. The quantitative estimate of drug-likeness (QED) is 0.843. The van der Waals surface area contributed by atoms with E-state index in [-0.39, 0.29) is 12.3 Å². The summed E-state index contributed by atoms with van der Waals surface area (Å²) in [6.45, 7) is 2.38. The van der Waals surface area contributed by atoms with E-state index in [1.807, 2.05) is 12.1 Å². The molecule has 28 heavy (non-hydrogen) atoms. The van der Waals surface area contributed by atoms with E-state index in [2.05, 4.69) is 17.0 Å². The number of likely N-dealkylation sites (tertiary alicyclic amines) is 2. The zero-order valence-electron chi connectivity index (χ0n) is 16.6. The highest BCUT2D eigenvalue weighted by atomic mass is 16.5. The Hall–Kier alpha value is -2.08. The van der Waals surface area contributed by atoms with Crippen molar-refractivity contribution in [1.82, 2.24) is 9.80 Å². The smallest absolute Gasteiger partial charge is 0.309 e. The van der Waals surface area contributed by atoms with Gasteiger partial charge in [0.25, 0.3) is 0 Å². The molecule has 2 aliphatic heterocycles. The zero-order valence-corrected chi connectivity index (χ0v) is 16.6. The molecule has 1 saturated carbocycles. The van der Waals surface area contributed by atoms with E-state index >= 15 is 0 Å². The van der Waals surface area contributed by atoms with Crippen molar-refractivity contribution >= 4 is 11.9 Å². The number of ether oxygens (including phenoxy) is 1. The number of rotatable bonds is 5. The first-order chi connectivity index (χ1) is 13.5. The Morgan fingerprint density at radius 2 is 1.89 bits per heavy atom. The van der Waals surface area contributed by atoms with Crippen molar-refractivity contribution in [3.05, 3.63) is 29.8 Å². The van der Waals surface area contributed by atoms with E-state index in [0.717, 1.165) is 38.2 Å². The van der Waals surface area contributed by atoms with E-state index in [0.29, 0.717) is 18.9 Å². The molecule has 4 rings (SSSR count). The second-order valence-corrected chi connectivity index (χ2v) is 8.56. The van der Waals surface area contributed by atoms with Gasteiger partial charge in [0.15, 0.2) is 0 Å². The molecule has 0 bridgehead atoms. The number of carbonyl (C=O) groups is 2. The number of amides is 1. The van der Waals surface area contributed by atoms with Crippen molar-refractivity contribution in [1.29, 1.82) is 0 Å². The van der Waals surface area contributed by atoms with Crippen LogP contribution in [0.4, 0.5) is 0 Å². The molecule has 6 heteroatoms. The molecule has 1 N–H and O–H groups in total. The van der Waals surface area contributed by atoms with Crippen LogP contribution >= 0.6 is 0 Å². The minimum atomic E-state index is -0.846. The molecule has 1 aliphatic carbocycles. The van der Waals surface area contributed by atoms with Crippen LogP contribution in [0.3, 0.4) is 0 Å². The SMILES string of the molecule is CN1C(=O)C[C@@H](C(=O)O)C12CCN(Cc1ccccc1OC1CCCC1)CC2. The van der Waals surface area contributed by atoms with Gasteiger partial charge >= 0.3 is 5.97 Å². The topological polar surface area (TPSA) is 70.1 Å². The van der Waals surface area contributed by atoms with Crippen LogP contribution < -0.4 is 4.74 Å². The van der Waals surface area contributed by atoms with Crippen molar-refractivity contribution < 1.29 is 19.4 Å². The average molecular weight is 386 g/mol. The molecule has 1 aromatic carbocycles. The van der Waals surface area contributed by atoms with Gasteiger partial charge in [0.2, 0.25) is 5.91 Å². The summed E-state index contributed by atoms with van der Waals surface area (Å²) in [5.74, 6) is -0.506. The maximum atomic E-state index is 12.2. The van der Waals surface area contributed by atoms with Crippen LogP contribution in [0.5, 0.6) is 5.75 Å². The standard InChI is InChI=1S/C22H30N2O4/c1-23-20(25)14-18(21(26)27)22(23)10-12-24(13-11-22)15-16-6-2-5-9-19(16)28-17-7-3-4-8-17/h2,5-6,9,17-18H,3-4,7-8,10-15H2,1H3,(H,26,27)/t18-/m0/s1. The monoisotopic (exact) mass is 386 g/mol. The van der Waals surface area contributed by atoms with Gasteiger partial charge < -0.3 is 14.7 Å². The van der Waals surface area contributed by atoms with Crippen LogP contribution in [-0.4, -0.2) is 58.6 Å². The molecule has 1 aromatic rings. The van der Waals surface area contributed by atoms with Crippen LogP contribution in [0.15, 0.2) is 24.3 Å². The van der Waals surface area contributed by atoms with Crippen LogP contribution in [0.25, 0.3) is 0 Å². The third-order valence-electron chi connectivity index (χ3n) is 7.05. The number of aliphatic carboxylic acids is 1. The molecule has 0 radical (unpaired) electrons. The van der Waals surface area contributed by atoms with Crippen molar-refractivity contribution in [2.75, 3.05) is 20.1 Å². The van der Waals surface area contributed by atoms with Crippen molar-refractivity contribution in [2.45, 2.75) is 63.1 Å². The molecule has 1 atom stereocenters. The van der Waals surface area contributed by atoms with Gasteiger partial charge in [-0.1, -0.05) is 18.2 Å². The lowest BCUT2D eigenvalue weighted by molar-refractivity contribution is -0.146. The lowest BCUT2D eigenvalue weighted by Gasteiger charge is -2.45. The van der Waals surface area contributed by atoms with Gasteiger partial charge in [0.05, 0.1) is 17.6 Å². The summed E-state index contributed by atoms with van der Waals surface area (Å²) in [4.78, 5) is 28.0. The van der Waals surface area contributed by atoms with Crippen molar-refractivity contribution in [3.63, 3.8) is 0 Å². The molecule has 0 unspecified atom stereocenters. The molecular weight excluding hydrogens is 356 g/mol. The highest BCUT2D eigenvalue weighted by molar-refractivity contribution is 5.88. The molecule has 0 aromatic heterocycles. The number of hydrogen-bond acceptors (Lipinski definition) is 4. The Morgan fingerprint density at radius 3 is 2.57 bits per heavy atom. The van der Waals surface area contributed by atoms with E-state index in [1.165, 1.54) is 18.4 Å². The minimum absolute atomic E-state index is 0.0452. The zero-order chi connectivity index (χ0) is 19.7. The Labute approximate surface area is 166 Å². The van der Waals surface area contributed by atoms with Crippen LogP contribution in [0.1, 0.15) is 50.5 Å². The van der Waals surface area contributed by atoms with Crippen LogP contribution in [-0.2, 0) is 16.1 Å². The number of nitrogens with zero attached hydrogens (tertiary/aromatic N) is 2. The van der Waals surface area contributed by atoms with E-state index in [1.54, 1.807) is 11.9 Å². The number of piperidine rings is 1. The van der Waals surface area contributed by atoms with Crippen LogP contribution in [0.2, 0.25) is 0 Å². The largest absolute Gasteiger partial charge is 0.490 e. The minimum Gasteiger partial charge on any atom is -0.490 e. The summed E-state index contributed by atoms with van der Waals surface area (Å²) >= 11 is 0. The molecular formula is C22H30N2O4. The lowest BCUT2D eigenvalue weighted by atomic mass is 9.77. The first kappa shape index (κ1) is 19.2. The second kappa shape index (κ2) is 7.74. The Kier molecular flexibility index (Phi) is 5.32. The number of carboxylic acid groups (broad SMARTS) is 1. The highest BCUT2D eigenvalue weighted by Gasteiger charge is 2.55. The Balaban J connectivity index is 1.42. The molecule has 1 amide bonds. The first-order valence-corrected chi connectivity index (χ1v) is 10.5. The number of carboxylic acids is 1. The lowest BCUT2D eigenvalue weighted by Crippen LogP contribution is -2.55. The normalized spacial score (nSPS) is 25.5. The molecule has 6 nitrogen and oxygen atoms in total. The van der Waals surface area contributed by atoms with Gasteiger partial charge in [0.1, 0.15) is 5.75 Å². The molecule has 1 spiro atoms. The van der Waals surface area contributed by atoms with E-state index < -0.39 is 17.4 Å². The number of para-hydroxylation sites is 1. The predicted octanol–water partition coefficient (Wildman–Crippen LogP) is 2.91. The van der Waals surface area contributed by atoms with Gasteiger partial charge in [-0.3, -0.25) is 14.5 Å². The maximum Gasteiger partial charge on any atom is 0.309 e. The first-order valence-electron chi connectivity index (χ1n) is 10.5. The Morgan fingerprint density at radius 1 is 1.21 bits per heavy atom. The van der Waals surface area contributed by atoms with E-state index in [4.69, 9.17) is 4.74 Å². The number of benzene rings is 1. The fraction of sp³-hybridized carbons (Fsp3) is 0.636. The summed E-state index contributed by atoms with van der Waals surface area (Å²) in [5.41, 5.74) is 0.662. The summed E-state index contributed by atoms with van der Waals surface area (Å²) in [5, 5.41) is 9.63. The fourth-order valence-corrected chi connectivity index (χ4v) is 5.26.